The maximum absolute atomic E-state index is 14.4. The molecule has 0 aliphatic heterocycles. The summed E-state index contributed by atoms with van der Waals surface area (Å²) < 4.78 is 34.3. The van der Waals surface area contributed by atoms with Crippen LogP contribution in [0.1, 0.15) is 95.1 Å². The van der Waals surface area contributed by atoms with Crippen LogP contribution in [0.5, 0.6) is 5.75 Å². The topological polar surface area (TPSA) is 26.3 Å². The van der Waals surface area contributed by atoms with E-state index in [1.807, 2.05) is 19.1 Å². The van der Waals surface area contributed by atoms with Gasteiger partial charge >= 0.3 is 5.97 Å². The fraction of sp³-hybridized carbons (Fsp3) is 0.545. The summed E-state index contributed by atoms with van der Waals surface area (Å²) in [5.41, 5.74) is 1.49. The average molecular weight is 509 g/mol. The van der Waals surface area contributed by atoms with Gasteiger partial charge in [-0.1, -0.05) is 62.2 Å². The summed E-state index contributed by atoms with van der Waals surface area (Å²) in [4.78, 5) is 12.8. The number of allylic oxidation sites excluding steroid dienone is 2. The number of hydrogen-bond donors (Lipinski definition) is 0. The zero-order valence-electron chi connectivity index (χ0n) is 22.4. The van der Waals surface area contributed by atoms with Gasteiger partial charge in [-0.2, -0.15) is 0 Å². The zero-order chi connectivity index (χ0) is 26.2. The van der Waals surface area contributed by atoms with Crippen LogP contribution in [-0.2, 0) is 11.2 Å². The first-order valence-corrected chi connectivity index (χ1v) is 14.3. The van der Waals surface area contributed by atoms with Crippen molar-refractivity contribution in [1.82, 2.24) is 0 Å². The van der Waals surface area contributed by atoms with E-state index >= 15 is 0 Å². The summed E-state index contributed by atoms with van der Waals surface area (Å²) >= 11 is 0. The molecule has 2 saturated carbocycles. The minimum atomic E-state index is -0.648. The summed E-state index contributed by atoms with van der Waals surface area (Å²) in [6, 6.07) is 13.1. The lowest BCUT2D eigenvalue weighted by Crippen LogP contribution is -2.30. The smallest absolute Gasteiger partial charge is 0.314 e. The van der Waals surface area contributed by atoms with E-state index in [1.165, 1.54) is 37.7 Å². The SMILES string of the molecule is CC=CCCc1c(F)cc(OC(=O)C2CCC(C3CCC(C[C@@H](C)c4ccccc4)CC3)CC2)cc1F. The van der Waals surface area contributed by atoms with Crippen LogP contribution < -0.4 is 4.74 Å². The quantitative estimate of drug-likeness (QED) is 0.192. The molecule has 1 atom stereocenters. The van der Waals surface area contributed by atoms with Gasteiger partial charge in [-0.05, 0) is 93.9 Å². The molecule has 2 aromatic carbocycles. The normalized spacial score (nSPS) is 25.2. The van der Waals surface area contributed by atoms with Crippen molar-refractivity contribution in [3.8, 4) is 5.75 Å². The molecule has 0 radical (unpaired) electrons. The molecule has 0 spiro atoms. The molecular formula is C33H42F2O2. The maximum atomic E-state index is 14.4. The van der Waals surface area contributed by atoms with E-state index in [2.05, 4.69) is 37.3 Å². The highest BCUT2D eigenvalue weighted by atomic mass is 19.1. The maximum Gasteiger partial charge on any atom is 0.314 e. The molecule has 4 rings (SSSR count). The summed E-state index contributed by atoms with van der Waals surface area (Å²) in [6.07, 6.45) is 14.8. The molecule has 200 valence electrons. The van der Waals surface area contributed by atoms with Gasteiger partial charge in [-0.3, -0.25) is 4.79 Å². The van der Waals surface area contributed by atoms with E-state index in [-0.39, 0.29) is 29.6 Å². The molecule has 2 fully saturated rings. The predicted molar refractivity (Wildman–Crippen MR) is 145 cm³/mol. The minimum absolute atomic E-state index is 0.0278. The van der Waals surface area contributed by atoms with Crippen molar-refractivity contribution >= 4 is 5.97 Å². The number of ether oxygens (including phenoxy) is 1. The van der Waals surface area contributed by atoms with Crippen LogP contribution in [0.15, 0.2) is 54.6 Å². The van der Waals surface area contributed by atoms with Gasteiger partial charge in [0.1, 0.15) is 17.4 Å². The van der Waals surface area contributed by atoms with Gasteiger partial charge < -0.3 is 4.74 Å². The second-order valence-corrected chi connectivity index (χ2v) is 11.3. The Labute approximate surface area is 221 Å². The van der Waals surface area contributed by atoms with Crippen molar-refractivity contribution in [3.63, 3.8) is 0 Å². The predicted octanol–water partition coefficient (Wildman–Crippen LogP) is 9.19. The fourth-order valence-corrected chi connectivity index (χ4v) is 6.61. The number of hydrogen-bond acceptors (Lipinski definition) is 2. The number of carbonyl (C=O) groups is 1. The van der Waals surface area contributed by atoms with Crippen LogP contribution in [0.25, 0.3) is 0 Å². The lowest BCUT2D eigenvalue weighted by Gasteiger charge is -2.38. The van der Waals surface area contributed by atoms with Crippen molar-refractivity contribution in [3.05, 3.63) is 77.4 Å². The third-order valence-electron chi connectivity index (χ3n) is 8.85. The van der Waals surface area contributed by atoms with Gasteiger partial charge in [-0.25, -0.2) is 8.78 Å². The number of halogens is 2. The van der Waals surface area contributed by atoms with Gasteiger partial charge in [0.2, 0.25) is 0 Å². The lowest BCUT2D eigenvalue weighted by molar-refractivity contribution is -0.140. The van der Waals surface area contributed by atoms with Crippen LogP contribution in [0, 0.1) is 35.3 Å². The third kappa shape index (κ3) is 7.52. The molecule has 2 aromatic rings. The second-order valence-electron chi connectivity index (χ2n) is 11.3. The van der Waals surface area contributed by atoms with Crippen molar-refractivity contribution in [1.29, 1.82) is 0 Å². The number of rotatable bonds is 9. The Bertz CT molecular complexity index is 1010. The van der Waals surface area contributed by atoms with E-state index in [9.17, 15) is 13.6 Å². The van der Waals surface area contributed by atoms with Crippen LogP contribution >= 0.6 is 0 Å². The molecule has 0 unspecified atom stereocenters. The van der Waals surface area contributed by atoms with E-state index in [0.717, 1.165) is 49.7 Å². The standard InChI is InChI=1S/C33H42F2O2/c1-3-4-6-11-30-31(34)21-29(22-32(30)35)37-33(36)28-18-16-27(17-19-28)26-14-12-24(13-15-26)20-23(2)25-9-7-5-8-10-25/h3-5,7-10,21-24,26-28H,6,11-20H2,1-2H3/t23-,24?,26?,27?,28?/m1/s1. The van der Waals surface area contributed by atoms with Crippen LogP contribution in [0.3, 0.4) is 0 Å². The molecule has 2 nitrogen and oxygen atoms in total. The van der Waals surface area contributed by atoms with Crippen molar-refractivity contribution in [2.45, 2.75) is 90.4 Å². The van der Waals surface area contributed by atoms with E-state index in [1.54, 1.807) is 0 Å². The van der Waals surface area contributed by atoms with E-state index in [4.69, 9.17) is 4.74 Å². The zero-order valence-corrected chi connectivity index (χ0v) is 22.4. The van der Waals surface area contributed by atoms with Crippen LogP contribution in [-0.4, -0.2) is 5.97 Å². The molecule has 0 saturated heterocycles. The first kappa shape index (κ1) is 27.5. The average Bonchev–Trinajstić information content (AvgIpc) is 2.91. The second kappa shape index (κ2) is 13.3. The molecular weight excluding hydrogens is 466 g/mol. The van der Waals surface area contributed by atoms with Crippen molar-refractivity contribution in [2.24, 2.45) is 23.7 Å². The van der Waals surface area contributed by atoms with Gasteiger partial charge in [0.05, 0.1) is 5.92 Å². The van der Waals surface area contributed by atoms with Crippen molar-refractivity contribution in [2.75, 3.05) is 0 Å². The summed E-state index contributed by atoms with van der Waals surface area (Å²) in [5, 5.41) is 0. The highest BCUT2D eigenvalue weighted by Gasteiger charge is 2.34. The molecule has 2 aliphatic carbocycles. The molecule has 0 N–H and O–H groups in total. The summed E-state index contributed by atoms with van der Waals surface area (Å²) in [6.45, 7) is 4.23. The summed E-state index contributed by atoms with van der Waals surface area (Å²) in [5.74, 6) is 1.02. The Hall–Kier alpha value is -2.49. The van der Waals surface area contributed by atoms with E-state index < -0.39 is 11.6 Å². The molecule has 0 aromatic heterocycles. The van der Waals surface area contributed by atoms with Crippen LogP contribution in [0.2, 0.25) is 0 Å². The van der Waals surface area contributed by atoms with E-state index in [0.29, 0.717) is 18.3 Å². The fourth-order valence-electron chi connectivity index (χ4n) is 6.61. The number of carbonyl (C=O) groups excluding carboxylic acids is 1. The monoisotopic (exact) mass is 508 g/mol. The first-order valence-electron chi connectivity index (χ1n) is 14.3. The Kier molecular flexibility index (Phi) is 9.94. The molecule has 2 aliphatic rings. The van der Waals surface area contributed by atoms with Crippen molar-refractivity contribution < 1.29 is 18.3 Å². The lowest BCUT2D eigenvalue weighted by atomic mass is 9.68. The summed E-state index contributed by atoms with van der Waals surface area (Å²) in [7, 11) is 0. The van der Waals surface area contributed by atoms with Gasteiger partial charge in [0.15, 0.2) is 0 Å². The molecule has 37 heavy (non-hydrogen) atoms. The number of esters is 1. The van der Waals surface area contributed by atoms with Crippen LogP contribution in [0.4, 0.5) is 8.78 Å². The molecule has 0 heterocycles. The molecule has 0 bridgehead atoms. The minimum Gasteiger partial charge on any atom is -0.426 e. The van der Waals surface area contributed by atoms with Gasteiger partial charge in [0.25, 0.3) is 0 Å². The highest BCUT2D eigenvalue weighted by molar-refractivity contribution is 5.75. The molecule has 0 amide bonds. The largest absolute Gasteiger partial charge is 0.426 e. The molecule has 4 heteroatoms. The Morgan fingerprint density at radius 2 is 1.54 bits per heavy atom. The Morgan fingerprint density at radius 1 is 0.946 bits per heavy atom. The Morgan fingerprint density at radius 3 is 2.14 bits per heavy atom. The first-order chi connectivity index (χ1) is 17.9. The third-order valence-corrected chi connectivity index (χ3v) is 8.85. The number of benzene rings is 2. The van der Waals surface area contributed by atoms with Gasteiger partial charge in [-0.15, -0.1) is 0 Å². The highest BCUT2D eigenvalue weighted by Crippen LogP contribution is 2.43. The Balaban J connectivity index is 1.21. The van der Waals surface area contributed by atoms with Gasteiger partial charge in [0, 0.05) is 17.7 Å².